The summed E-state index contributed by atoms with van der Waals surface area (Å²) in [6.45, 7) is 3.92. The lowest BCUT2D eigenvalue weighted by molar-refractivity contribution is -0.138. The summed E-state index contributed by atoms with van der Waals surface area (Å²) in [6.07, 6.45) is -4.40. The Labute approximate surface area is 165 Å². The van der Waals surface area contributed by atoms with Gasteiger partial charge in [0.2, 0.25) is 0 Å². The van der Waals surface area contributed by atoms with Gasteiger partial charge in [-0.15, -0.1) is 0 Å². The van der Waals surface area contributed by atoms with E-state index in [0.717, 1.165) is 22.7 Å². The van der Waals surface area contributed by atoms with Crippen LogP contribution in [0.5, 0.6) is 0 Å². The molecule has 3 aromatic rings. The van der Waals surface area contributed by atoms with E-state index in [9.17, 15) is 18.0 Å². The molecule has 0 saturated heterocycles. The zero-order chi connectivity index (χ0) is 20.6. The van der Waals surface area contributed by atoms with Crippen molar-refractivity contribution >= 4 is 28.5 Å². The molecule has 0 N–H and O–H groups in total. The first kappa shape index (κ1) is 20.3. The number of hydrogen-bond acceptors (Lipinski definition) is 2. The van der Waals surface area contributed by atoms with Gasteiger partial charge in [-0.05, 0) is 55.8 Å². The Morgan fingerprint density at radius 2 is 1.86 bits per heavy atom. The second kappa shape index (κ2) is 7.51. The Morgan fingerprint density at radius 3 is 2.46 bits per heavy atom. The molecule has 148 valence electrons. The number of alkyl halides is 3. The second-order valence-corrected chi connectivity index (χ2v) is 7.28. The summed E-state index contributed by atoms with van der Waals surface area (Å²) in [5.74, 6) is -0.460. The smallest absolute Gasteiger partial charge is 0.416 e. The highest BCUT2D eigenvalue weighted by Crippen LogP contribution is 2.36. The summed E-state index contributed by atoms with van der Waals surface area (Å²) in [4.78, 5) is 11.8. The molecule has 0 aliphatic heterocycles. The summed E-state index contributed by atoms with van der Waals surface area (Å²) < 4.78 is 47.1. The molecule has 0 spiro atoms. The average Bonchev–Trinajstić information content (AvgIpc) is 2.98. The van der Waals surface area contributed by atoms with Crippen molar-refractivity contribution in [3.05, 3.63) is 69.9 Å². The Bertz CT molecular complexity index is 1040. The first-order chi connectivity index (χ1) is 13.1. The van der Waals surface area contributed by atoms with E-state index in [1.165, 1.54) is 19.2 Å². The molecule has 0 radical (unpaired) electrons. The van der Waals surface area contributed by atoms with Gasteiger partial charge in [-0.1, -0.05) is 17.7 Å². The Kier molecular flexibility index (Phi) is 5.44. The van der Waals surface area contributed by atoms with Crippen molar-refractivity contribution in [2.75, 3.05) is 7.11 Å². The molecule has 1 heterocycles. The van der Waals surface area contributed by atoms with E-state index in [4.69, 9.17) is 16.3 Å². The summed E-state index contributed by atoms with van der Waals surface area (Å²) in [6, 6.07) is 10.8. The van der Waals surface area contributed by atoms with Crippen molar-refractivity contribution in [3.63, 3.8) is 0 Å². The normalized spacial score (nSPS) is 12.0. The Hall–Kier alpha value is -2.47. The van der Waals surface area contributed by atoms with E-state index < -0.39 is 17.7 Å². The second-order valence-electron chi connectivity index (χ2n) is 6.84. The van der Waals surface area contributed by atoms with Crippen LogP contribution in [0.15, 0.2) is 42.5 Å². The van der Waals surface area contributed by atoms with Crippen LogP contribution in [0.25, 0.3) is 10.9 Å². The van der Waals surface area contributed by atoms with E-state index in [1.54, 1.807) is 18.2 Å². The SMILES string of the molecule is COC(=O)c1ccc2c(c1)cc(Cc1ccc(Cl)cc1C(F)(F)F)n2C(C)C. The van der Waals surface area contributed by atoms with Crippen LogP contribution >= 0.6 is 11.6 Å². The fourth-order valence-corrected chi connectivity index (χ4v) is 3.62. The van der Waals surface area contributed by atoms with Crippen LogP contribution in [-0.2, 0) is 17.3 Å². The highest BCUT2D eigenvalue weighted by atomic mass is 35.5. The van der Waals surface area contributed by atoms with Crippen molar-refractivity contribution in [3.8, 4) is 0 Å². The number of benzene rings is 2. The third-order valence-electron chi connectivity index (χ3n) is 4.60. The lowest BCUT2D eigenvalue weighted by Gasteiger charge is -2.17. The molecule has 1 aromatic heterocycles. The number of aromatic nitrogens is 1. The maximum Gasteiger partial charge on any atom is 0.416 e. The van der Waals surface area contributed by atoms with Gasteiger partial charge < -0.3 is 9.30 Å². The molecule has 0 aliphatic carbocycles. The number of carbonyl (C=O) groups excluding carboxylic acids is 1. The van der Waals surface area contributed by atoms with Crippen molar-refractivity contribution in [1.82, 2.24) is 4.57 Å². The van der Waals surface area contributed by atoms with Crippen molar-refractivity contribution in [2.45, 2.75) is 32.5 Å². The van der Waals surface area contributed by atoms with Crippen LogP contribution in [0, 0.1) is 0 Å². The van der Waals surface area contributed by atoms with Gasteiger partial charge >= 0.3 is 12.1 Å². The minimum Gasteiger partial charge on any atom is -0.465 e. The number of fused-ring (bicyclic) bond motifs is 1. The van der Waals surface area contributed by atoms with E-state index in [2.05, 4.69) is 0 Å². The molecule has 3 nitrogen and oxygen atoms in total. The van der Waals surface area contributed by atoms with Crippen molar-refractivity contribution in [1.29, 1.82) is 0 Å². The molecule has 3 rings (SSSR count). The number of esters is 1. The first-order valence-electron chi connectivity index (χ1n) is 8.69. The lowest BCUT2D eigenvalue weighted by atomic mass is 10.0. The minimum absolute atomic E-state index is 0.0260. The van der Waals surface area contributed by atoms with E-state index in [0.29, 0.717) is 5.56 Å². The molecule has 0 atom stereocenters. The van der Waals surface area contributed by atoms with Crippen LogP contribution in [-0.4, -0.2) is 17.6 Å². The molecule has 28 heavy (non-hydrogen) atoms. The van der Waals surface area contributed by atoms with Crippen LogP contribution in [0.3, 0.4) is 0 Å². The maximum absolute atomic E-state index is 13.5. The number of rotatable bonds is 4. The molecule has 0 amide bonds. The Morgan fingerprint density at radius 1 is 1.14 bits per heavy atom. The molecule has 0 aliphatic rings. The number of hydrogen-bond donors (Lipinski definition) is 0. The number of ether oxygens (including phenoxy) is 1. The highest BCUT2D eigenvalue weighted by Gasteiger charge is 2.33. The van der Waals surface area contributed by atoms with Crippen LogP contribution in [0.2, 0.25) is 5.02 Å². The van der Waals surface area contributed by atoms with Gasteiger partial charge in [0.25, 0.3) is 0 Å². The fourth-order valence-electron chi connectivity index (χ4n) is 3.45. The Balaban J connectivity index is 2.13. The number of halogens is 4. The zero-order valence-electron chi connectivity index (χ0n) is 15.6. The van der Waals surface area contributed by atoms with Gasteiger partial charge in [-0.2, -0.15) is 13.2 Å². The molecule has 0 unspecified atom stereocenters. The lowest BCUT2D eigenvalue weighted by Crippen LogP contribution is -2.12. The van der Waals surface area contributed by atoms with Crippen LogP contribution in [0.1, 0.15) is 47.1 Å². The van der Waals surface area contributed by atoms with Gasteiger partial charge in [0.1, 0.15) is 0 Å². The van der Waals surface area contributed by atoms with Crippen LogP contribution in [0.4, 0.5) is 13.2 Å². The molecule has 2 aromatic carbocycles. The largest absolute Gasteiger partial charge is 0.465 e. The van der Waals surface area contributed by atoms with Crippen LogP contribution < -0.4 is 0 Å². The third kappa shape index (κ3) is 3.87. The topological polar surface area (TPSA) is 31.2 Å². The molecular formula is C21H19ClF3NO2. The molecule has 0 bridgehead atoms. The van der Waals surface area contributed by atoms with Gasteiger partial charge in [0.15, 0.2) is 0 Å². The monoisotopic (exact) mass is 409 g/mol. The standard InChI is InChI=1S/C21H19ClF3NO2/c1-12(2)26-17(9-13-4-6-16(22)11-18(13)21(23,24)25)10-15-8-14(20(27)28-3)5-7-19(15)26/h4-8,10-12H,9H2,1-3H3. The van der Waals surface area contributed by atoms with Gasteiger partial charge in [-0.25, -0.2) is 4.79 Å². The number of carbonyl (C=O) groups is 1. The van der Waals surface area contributed by atoms with Crippen molar-refractivity contribution < 1.29 is 22.7 Å². The molecular weight excluding hydrogens is 391 g/mol. The number of nitrogens with zero attached hydrogens (tertiary/aromatic N) is 1. The minimum atomic E-state index is -4.49. The van der Waals surface area contributed by atoms with Gasteiger partial charge in [-0.3, -0.25) is 0 Å². The highest BCUT2D eigenvalue weighted by molar-refractivity contribution is 6.30. The summed E-state index contributed by atoms with van der Waals surface area (Å²) >= 11 is 5.78. The zero-order valence-corrected chi connectivity index (χ0v) is 16.4. The van der Waals surface area contributed by atoms with E-state index >= 15 is 0 Å². The summed E-state index contributed by atoms with van der Waals surface area (Å²) in [5.41, 5.74) is 1.37. The van der Waals surface area contributed by atoms with Gasteiger partial charge in [0.05, 0.1) is 18.2 Å². The first-order valence-corrected chi connectivity index (χ1v) is 9.07. The molecule has 0 fully saturated rings. The quantitative estimate of drug-likeness (QED) is 0.475. The maximum atomic E-state index is 13.5. The van der Waals surface area contributed by atoms with Crippen molar-refractivity contribution in [2.24, 2.45) is 0 Å². The fraction of sp³-hybridized carbons (Fsp3) is 0.286. The average molecular weight is 410 g/mol. The molecule has 7 heteroatoms. The summed E-state index contributed by atoms with van der Waals surface area (Å²) in [7, 11) is 1.30. The predicted molar refractivity (Wildman–Crippen MR) is 103 cm³/mol. The summed E-state index contributed by atoms with van der Waals surface area (Å²) in [5, 5.41) is 0.817. The predicted octanol–water partition coefficient (Wildman–Crippen LogP) is 6.27. The van der Waals surface area contributed by atoms with Gasteiger partial charge in [0, 0.05) is 34.1 Å². The van der Waals surface area contributed by atoms with E-state index in [1.807, 2.05) is 24.5 Å². The molecule has 0 saturated carbocycles. The number of methoxy groups -OCH3 is 1. The third-order valence-corrected chi connectivity index (χ3v) is 4.84. The van der Waals surface area contributed by atoms with E-state index in [-0.39, 0.29) is 23.0 Å².